The predicted molar refractivity (Wildman–Crippen MR) is 143 cm³/mol. The smallest absolute Gasteiger partial charge is 0.0315 e. The minimum Gasteiger partial charge on any atom is -0.309 e. The standard InChI is InChI=1S/C30H46N2/c1-22-14-11-12-16-26(22)18-27(23(2)31)21-29(7,8)17-13-15-25(19-28(4,5)6)20-30(9,10)24(3)32/h11-14,16,18,31-32H,17,19-21H2,1-10H3. The zero-order chi connectivity index (χ0) is 24.7. The zero-order valence-corrected chi connectivity index (χ0v) is 22.3. The van der Waals surface area contributed by atoms with Gasteiger partial charge >= 0.3 is 0 Å². The lowest BCUT2D eigenvalue weighted by atomic mass is 9.77. The number of rotatable bonds is 10. The summed E-state index contributed by atoms with van der Waals surface area (Å²) in [6.07, 6.45) is 7.99. The Hall–Kier alpha value is -2.18. The normalized spacial score (nSPS) is 12.9. The largest absolute Gasteiger partial charge is 0.309 e. The Morgan fingerprint density at radius 3 is 2.00 bits per heavy atom. The first kappa shape index (κ1) is 27.9. The molecule has 0 bridgehead atoms. The van der Waals surface area contributed by atoms with E-state index in [0.29, 0.717) is 5.71 Å². The Bertz CT molecular complexity index is 910. The molecule has 1 aromatic carbocycles. The van der Waals surface area contributed by atoms with Crippen molar-refractivity contribution < 1.29 is 0 Å². The Labute approximate surface area is 197 Å². The highest BCUT2D eigenvalue weighted by Gasteiger charge is 2.25. The second kappa shape index (κ2) is 11.1. The molecule has 2 nitrogen and oxygen atoms in total. The van der Waals surface area contributed by atoms with E-state index in [1.54, 1.807) is 0 Å². The molecule has 0 atom stereocenters. The van der Waals surface area contributed by atoms with Gasteiger partial charge in [-0.25, -0.2) is 0 Å². The minimum absolute atomic E-state index is 0.0314. The summed E-state index contributed by atoms with van der Waals surface area (Å²) in [5, 5.41) is 16.5. The van der Waals surface area contributed by atoms with Gasteiger partial charge in [0, 0.05) is 16.8 Å². The van der Waals surface area contributed by atoms with E-state index in [0.717, 1.165) is 37.0 Å². The van der Waals surface area contributed by atoms with Crippen LogP contribution in [-0.2, 0) is 0 Å². The van der Waals surface area contributed by atoms with Gasteiger partial charge in [0.15, 0.2) is 0 Å². The summed E-state index contributed by atoms with van der Waals surface area (Å²) in [6.45, 7) is 21.6. The molecule has 0 aliphatic heterocycles. The SMILES string of the molecule is CC(=N)C(=Cc1ccccc1C)CC(C)(C)CC=C=C(CC(C)(C)C)CC(C)(C)C(C)=N. The summed E-state index contributed by atoms with van der Waals surface area (Å²) < 4.78 is 0. The molecule has 0 aromatic heterocycles. The van der Waals surface area contributed by atoms with Gasteiger partial charge in [0.1, 0.15) is 0 Å². The van der Waals surface area contributed by atoms with Gasteiger partial charge in [-0.3, -0.25) is 0 Å². The van der Waals surface area contributed by atoms with Crippen molar-refractivity contribution in [3.05, 3.63) is 58.3 Å². The van der Waals surface area contributed by atoms with Crippen LogP contribution in [0.3, 0.4) is 0 Å². The third-order valence-electron chi connectivity index (χ3n) is 6.04. The summed E-state index contributed by atoms with van der Waals surface area (Å²) in [5.41, 5.74) is 9.89. The van der Waals surface area contributed by atoms with Gasteiger partial charge in [-0.2, -0.15) is 0 Å². The molecule has 0 spiro atoms. The maximum absolute atomic E-state index is 8.32. The Morgan fingerprint density at radius 2 is 1.50 bits per heavy atom. The first-order chi connectivity index (χ1) is 14.5. The first-order valence-electron chi connectivity index (χ1n) is 11.8. The average Bonchev–Trinajstić information content (AvgIpc) is 2.60. The number of hydrogen-bond acceptors (Lipinski definition) is 2. The van der Waals surface area contributed by atoms with Gasteiger partial charge in [0.2, 0.25) is 0 Å². The fraction of sp³-hybridized carbons (Fsp3) is 0.567. The number of allylic oxidation sites excluding steroid dienone is 2. The summed E-state index contributed by atoms with van der Waals surface area (Å²) in [5.74, 6) is 0. The molecular formula is C30H46N2. The van der Waals surface area contributed by atoms with Crippen LogP contribution in [0.25, 0.3) is 6.08 Å². The maximum atomic E-state index is 8.32. The molecule has 32 heavy (non-hydrogen) atoms. The van der Waals surface area contributed by atoms with Gasteiger partial charge < -0.3 is 10.8 Å². The van der Waals surface area contributed by atoms with E-state index >= 15 is 0 Å². The maximum Gasteiger partial charge on any atom is 0.0315 e. The van der Waals surface area contributed by atoms with Crippen LogP contribution in [0.1, 0.15) is 99.1 Å². The summed E-state index contributed by atoms with van der Waals surface area (Å²) >= 11 is 0. The van der Waals surface area contributed by atoms with Gasteiger partial charge in [0.25, 0.3) is 0 Å². The topological polar surface area (TPSA) is 47.7 Å². The van der Waals surface area contributed by atoms with Crippen LogP contribution in [0.15, 0.2) is 47.2 Å². The van der Waals surface area contributed by atoms with E-state index in [-0.39, 0.29) is 16.2 Å². The second-order valence-corrected chi connectivity index (χ2v) is 12.1. The van der Waals surface area contributed by atoms with Crippen LogP contribution < -0.4 is 0 Å². The Balaban J connectivity index is 3.13. The van der Waals surface area contributed by atoms with Gasteiger partial charge in [-0.1, -0.05) is 72.7 Å². The summed E-state index contributed by atoms with van der Waals surface area (Å²) in [6, 6.07) is 8.36. The van der Waals surface area contributed by atoms with Crippen molar-refractivity contribution >= 4 is 17.5 Å². The lowest BCUT2D eigenvalue weighted by molar-refractivity contribution is 0.372. The van der Waals surface area contributed by atoms with E-state index < -0.39 is 0 Å². The molecule has 0 unspecified atom stereocenters. The number of benzene rings is 1. The molecule has 0 heterocycles. The summed E-state index contributed by atoms with van der Waals surface area (Å²) in [4.78, 5) is 0. The van der Waals surface area contributed by atoms with Crippen molar-refractivity contribution in [2.24, 2.45) is 16.2 Å². The van der Waals surface area contributed by atoms with Crippen molar-refractivity contribution in [2.45, 2.75) is 94.9 Å². The zero-order valence-electron chi connectivity index (χ0n) is 22.3. The van der Waals surface area contributed by atoms with E-state index in [2.05, 4.69) is 97.5 Å². The van der Waals surface area contributed by atoms with Gasteiger partial charge in [-0.15, -0.1) is 5.73 Å². The van der Waals surface area contributed by atoms with Crippen LogP contribution in [-0.4, -0.2) is 11.4 Å². The monoisotopic (exact) mass is 434 g/mol. The molecule has 1 aromatic rings. The van der Waals surface area contributed by atoms with Gasteiger partial charge in [-0.05, 0) is 91.7 Å². The highest BCUT2D eigenvalue weighted by atomic mass is 14.5. The van der Waals surface area contributed by atoms with E-state index in [1.165, 1.54) is 16.7 Å². The number of hydrogen-bond donors (Lipinski definition) is 2. The van der Waals surface area contributed by atoms with Crippen LogP contribution in [0, 0.1) is 34.0 Å². The van der Waals surface area contributed by atoms with Crippen molar-refractivity contribution in [1.29, 1.82) is 10.8 Å². The van der Waals surface area contributed by atoms with Crippen molar-refractivity contribution in [3.63, 3.8) is 0 Å². The Kier molecular flexibility index (Phi) is 9.66. The highest BCUT2D eigenvalue weighted by Crippen LogP contribution is 2.34. The molecule has 0 aliphatic carbocycles. The number of nitrogens with one attached hydrogen (secondary N) is 2. The van der Waals surface area contributed by atoms with Gasteiger partial charge in [0.05, 0.1) is 0 Å². The number of aryl methyl sites for hydroxylation is 1. The first-order valence-corrected chi connectivity index (χ1v) is 11.8. The van der Waals surface area contributed by atoms with Crippen molar-refractivity contribution in [2.75, 3.05) is 0 Å². The molecule has 0 amide bonds. The third-order valence-corrected chi connectivity index (χ3v) is 6.04. The van der Waals surface area contributed by atoms with Crippen LogP contribution in [0.5, 0.6) is 0 Å². The molecule has 0 fully saturated rings. The molecule has 0 saturated heterocycles. The summed E-state index contributed by atoms with van der Waals surface area (Å²) in [7, 11) is 0. The molecule has 1 rings (SSSR count). The van der Waals surface area contributed by atoms with Crippen molar-refractivity contribution in [1.82, 2.24) is 0 Å². The molecule has 0 saturated carbocycles. The van der Waals surface area contributed by atoms with Crippen LogP contribution in [0.2, 0.25) is 0 Å². The molecular weight excluding hydrogens is 388 g/mol. The fourth-order valence-electron chi connectivity index (χ4n) is 3.76. The quantitative estimate of drug-likeness (QED) is 0.272. The fourth-order valence-corrected chi connectivity index (χ4v) is 3.76. The highest BCUT2D eigenvalue weighted by molar-refractivity contribution is 6.00. The van der Waals surface area contributed by atoms with E-state index in [9.17, 15) is 0 Å². The molecule has 2 N–H and O–H groups in total. The molecule has 2 heteroatoms. The predicted octanol–water partition coefficient (Wildman–Crippen LogP) is 9.20. The third kappa shape index (κ3) is 9.96. The Morgan fingerprint density at radius 1 is 0.906 bits per heavy atom. The molecule has 0 radical (unpaired) electrons. The second-order valence-electron chi connectivity index (χ2n) is 12.1. The van der Waals surface area contributed by atoms with Crippen LogP contribution in [0.4, 0.5) is 0 Å². The van der Waals surface area contributed by atoms with E-state index in [1.807, 2.05) is 13.8 Å². The molecule has 0 aliphatic rings. The minimum atomic E-state index is -0.141. The van der Waals surface area contributed by atoms with Crippen molar-refractivity contribution in [3.8, 4) is 0 Å². The lowest BCUT2D eigenvalue weighted by Crippen LogP contribution is -2.22. The van der Waals surface area contributed by atoms with E-state index in [4.69, 9.17) is 10.8 Å². The molecule has 176 valence electrons. The average molecular weight is 435 g/mol. The van der Waals surface area contributed by atoms with Crippen LogP contribution >= 0.6 is 0 Å². The lowest BCUT2D eigenvalue weighted by Gasteiger charge is -2.28.